The fourth-order valence-electron chi connectivity index (χ4n) is 2.60. The average molecular weight is 342 g/mol. The van der Waals surface area contributed by atoms with Crippen molar-refractivity contribution in [2.45, 2.75) is 25.4 Å². The lowest BCUT2D eigenvalue weighted by atomic mass is 10.1. The molecule has 1 unspecified atom stereocenters. The Balaban J connectivity index is 1.41. The number of thioether (sulfide) groups is 1. The fraction of sp³-hybridized carbons (Fsp3) is 0.368. The fourth-order valence-corrected chi connectivity index (χ4v) is 3.70. The lowest BCUT2D eigenvalue weighted by molar-refractivity contribution is 0.0952. The van der Waals surface area contributed by atoms with Crippen molar-refractivity contribution in [2.75, 3.05) is 18.1 Å². The molecule has 5 heteroatoms. The van der Waals surface area contributed by atoms with Crippen LogP contribution in [0.15, 0.2) is 48.7 Å². The van der Waals surface area contributed by atoms with Gasteiger partial charge in [-0.05, 0) is 36.6 Å². The zero-order valence-corrected chi connectivity index (χ0v) is 14.4. The van der Waals surface area contributed by atoms with Gasteiger partial charge in [0.05, 0.1) is 5.56 Å². The molecular weight excluding hydrogens is 320 g/mol. The van der Waals surface area contributed by atoms with Crippen LogP contribution in [0.2, 0.25) is 0 Å². The van der Waals surface area contributed by atoms with Gasteiger partial charge in [0.2, 0.25) is 5.88 Å². The molecule has 4 nitrogen and oxygen atoms in total. The van der Waals surface area contributed by atoms with Crippen LogP contribution in [0.1, 0.15) is 28.8 Å². The Bertz CT molecular complexity index is 640. The van der Waals surface area contributed by atoms with Crippen LogP contribution >= 0.6 is 11.8 Å². The summed E-state index contributed by atoms with van der Waals surface area (Å²) in [5.41, 5.74) is 1.86. The molecule has 2 aromatic rings. The topological polar surface area (TPSA) is 51.2 Å². The molecule has 1 atom stereocenters. The van der Waals surface area contributed by atoms with E-state index >= 15 is 0 Å². The van der Waals surface area contributed by atoms with E-state index in [0.717, 1.165) is 30.8 Å². The van der Waals surface area contributed by atoms with Gasteiger partial charge in [0, 0.05) is 24.6 Å². The van der Waals surface area contributed by atoms with Crippen LogP contribution in [0.5, 0.6) is 5.88 Å². The number of benzene rings is 1. The Morgan fingerprint density at radius 2 is 2.12 bits per heavy atom. The predicted octanol–water partition coefficient (Wildman–Crippen LogP) is 3.33. The number of hydrogen-bond donors (Lipinski definition) is 1. The zero-order chi connectivity index (χ0) is 16.6. The van der Waals surface area contributed by atoms with E-state index < -0.39 is 0 Å². The number of rotatable bonds is 7. The number of pyridine rings is 1. The third-order valence-corrected chi connectivity index (χ3v) is 5.08. The Morgan fingerprint density at radius 3 is 2.83 bits per heavy atom. The predicted molar refractivity (Wildman–Crippen MR) is 97.7 cm³/mol. The van der Waals surface area contributed by atoms with Crippen molar-refractivity contribution in [3.63, 3.8) is 0 Å². The van der Waals surface area contributed by atoms with Gasteiger partial charge in [-0.2, -0.15) is 11.8 Å². The first-order valence-electron chi connectivity index (χ1n) is 8.34. The smallest absolute Gasteiger partial charge is 0.252 e. The number of hydrogen-bond acceptors (Lipinski definition) is 4. The number of nitrogens with one attached hydrogen (secondary N) is 1. The van der Waals surface area contributed by atoms with Crippen LogP contribution in [-0.2, 0) is 6.42 Å². The van der Waals surface area contributed by atoms with E-state index in [1.165, 1.54) is 5.56 Å². The van der Waals surface area contributed by atoms with Crippen LogP contribution in [-0.4, -0.2) is 35.0 Å². The van der Waals surface area contributed by atoms with E-state index in [2.05, 4.69) is 22.4 Å². The second-order valence-electron chi connectivity index (χ2n) is 5.83. The van der Waals surface area contributed by atoms with Crippen molar-refractivity contribution < 1.29 is 9.53 Å². The van der Waals surface area contributed by atoms with Crippen molar-refractivity contribution in [3.8, 4) is 5.88 Å². The standard InChI is InChI=1S/C19H22N2O2S/c22-19(20-11-4-7-15-5-2-1-3-6-15)16-8-9-18(21-13-16)23-17-10-12-24-14-17/h1-3,5-6,8-9,13,17H,4,7,10-12,14H2,(H,20,22). The van der Waals surface area contributed by atoms with E-state index in [-0.39, 0.29) is 12.0 Å². The normalized spacial score (nSPS) is 16.8. The number of nitrogens with zero attached hydrogens (tertiary/aromatic N) is 1. The Hall–Kier alpha value is -2.01. The van der Waals surface area contributed by atoms with Crippen LogP contribution in [0, 0.1) is 0 Å². The van der Waals surface area contributed by atoms with Crippen molar-refractivity contribution in [3.05, 3.63) is 59.8 Å². The van der Waals surface area contributed by atoms with Crippen LogP contribution in [0.4, 0.5) is 0 Å². The van der Waals surface area contributed by atoms with Gasteiger partial charge < -0.3 is 10.1 Å². The molecule has 1 aliphatic rings. The van der Waals surface area contributed by atoms with E-state index in [4.69, 9.17) is 4.74 Å². The summed E-state index contributed by atoms with van der Waals surface area (Å²) in [4.78, 5) is 16.4. The molecule has 1 saturated heterocycles. The number of amides is 1. The molecule has 1 aliphatic heterocycles. The van der Waals surface area contributed by atoms with E-state index in [1.54, 1.807) is 18.3 Å². The highest BCUT2D eigenvalue weighted by Crippen LogP contribution is 2.21. The van der Waals surface area contributed by atoms with Gasteiger partial charge in [0.25, 0.3) is 5.91 Å². The number of aryl methyl sites for hydroxylation is 1. The van der Waals surface area contributed by atoms with E-state index in [1.807, 2.05) is 30.0 Å². The number of carbonyl (C=O) groups excluding carboxylic acids is 1. The molecular formula is C19H22N2O2S. The first-order valence-corrected chi connectivity index (χ1v) is 9.49. The first kappa shape index (κ1) is 16.8. The van der Waals surface area contributed by atoms with Crippen molar-refractivity contribution in [2.24, 2.45) is 0 Å². The third-order valence-electron chi connectivity index (χ3n) is 3.94. The molecule has 0 radical (unpaired) electrons. The minimum Gasteiger partial charge on any atom is -0.473 e. The molecule has 0 aliphatic carbocycles. The number of ether oxygens (including phenoxy) is 1. The molecule has 1 N–H and O–H groups in total. The molecule has 1 fully saturated rings. The Morgan fingerprint density at radius 1 is 1.25 bits per heavy atom. The van der Waals surface area contributed by atoms with Gasteiger partial charge in [-0.3, -0.25) is 4.79 Å². The van der Waals surface area contributed by atoms with Gasteiger partial charge in [-0.15, -0.1) is 0 Å². The van der Waals surface area contributed by atoms with Crippen LogP contribution in [0.3, 0.4) is 0 Å². The van der Waals surface area contributed by atoms with Gasteiger partial charge in [-0.1, -0.05) is 30.3 Å². The summed E-state index contributed by atoms with van der Waals surface area (Å²) in [6, 6.07) is 13.8. The lowest BCUT2D eigenvalue weighted by Gasteiger charge is -2.11. The molecule has 1 amide bonds. The van der Waals surface area contributed by atoms with Crippen molar-refractivity contribution in [1.29, 1.82) is 0 Å². The summed E-state index contributed by atoms with van der Waals surface area (Å²) >= 11 is 1.90. The summed E-state index contributed by atoms with van der Waals surface area (Å²) in [7, 11) is 0. The maximum atomic E-state index is 12.1. The second-order valence-corrected chi connectivity index (χ2v) is 6.98. The molecule has 126 valence electrons. The summed E-state index contributed by atoms with van der Waals surface area (Å²) in [6.07, 6.45) is 4.79. The minimum absolute atomic E-state index is 0.0847. The van der Waals surface area contributed by atoms with E-state index in [9.17, 15) is 4.79 Å². The summed E-state index contributed by atoms with van der Waals surface area (Å²) in [6.45, 7) is 0.658. The van der Waals surface area contributed by atoms with Crippen molar-refractivity contribution in [1.82, 2.24) is 10.3 Å². The summed E-state index contributed by atoms with van der Waals surface area (Å²) < 4.78 is 5.79. The lowest BCUT2D eigenvalue weighted by Crippen LogP contribution is -2.25. The molecule has 3 rings (SSSR count). The number of carbonyl (C=O) groups is 1. The summed E-state index contributed by atoms with van der Waals surface area (Å²) in [5, 5.41) is 2.94. The quantitative estimate of drug-likeness (QED) is 0.784. The van der Waals surface area contributed by atoms with Crippen molar-refractivity contribution >= 4 is 17.7 Å². The van der Waals surface area contributed by atoms with E-state index in [0.29, 0.717) is 18.0 Å². The maximum Gasteiger partial charge on any atom is 0.252 e. The SMILES string of the molecule is O=C(NCCCc1ccccc1)c1ccc(OC2CCSC2)nc1. The average Bonchev–Trinajstić information content (AvgIpc) is 3.13. The molecule has 2 heterocycles. The van der Waals surface area contributed by atoms with Gasteiger partial charge >= 0.3 is 0 Å². The monoisotopic (exact) mass is 342 g/mol. The maximum absolute atomic E-state index is 12.1. The Labute approximate surface area is 147 Å². The highest BCUT2D eigenvalue weighted by atomic mass is 32.2. The largest absolute Gasteiger partial charge is 0.473 e. The third kappa shape index (κ3) is 4.99. The molecule has 0 spiro atoms. The summed E-state index contributed by atoms with van der Waals surface area (Å²) in [5.74, 6) is 2.68. The Kier molecular flexibility index (Phi) is 6.13. The van der Waals surface area contributed by atoms with Gasteiger partial charge in [0.1, 0.15) is 6.10 Å². The molecule has 0 bridgehead atoms. The highest BCUT2D eigenvalue weighted by Gasteiger charge is 2.17. The second kappa shape index (κ2) is 8.73. The molecule has 1 aromatic heterocycles. The molecule has 0 saturated carbocycles. The number of aromatic nitrogens is 1. The molecule has 1 aromatic carbocycles. The van der Waals surface area contributed by atoms with Crippen LogP contribution < -0.4 is 10.1 Å². The highest BCUT2D eigenvalue weighted by molar-refractivity contribution is 7.99. The molecule has 24 heavy (non-hydrogen) atoms. The van der Waals surface area contributed by atoms with Gasteiger partial charge in [0.15, 0.2) is 0 Å². The van der Waals surface area contributed by atoms with Crippen LogP contribution in [0.25, 0.3) is 0 Å². The zero-order valence-electron chi connectivity index (χ0n) is 13.6. The first-order chi connectivity index (χ1) is 11.8. The van der Waals surface area contributed by atoms with Gasteiger partial charge in [-0.25, -0.2) is 4.98 Å². The minimum atomic E-state index is -0.0847.